The fourth-order valence-electron chi connectivity index (χ4n) is 10.0. The normalized spacial score (nSPS) is 12.2. The van der Waals surface area contributed by atoms with Crippen LogP contribution < -0.4 is 0 Å². The van der Waals surface area contributed by atoms with Crippen LogP contribution in [-0.4, -0.2) is 39.0 Å². The summed E-state index contributed by atoms with van der Waals surface area (Å²) in [4.78, 5) is 30.6. The van der Waals surface area contributed by atoms with Gasteiger partial charge in [0.25, 0.3) is 0 Å². The SMILES string of the molecule is [2H]c1c([2H])c(-n2c3ccccc3c3ccc4c(c5ccccc5n4-c4ccc5ccccc5c4)c32)c(-c2nc(-c3ccccc3)nc(-c3ccccc3)n2)c([2H])c1-c1nc(-c2ccccc2)nc(-c2ccccc2)n1. The van der Waals surface area contributed by atoms with Crippen LogP contribution in [0.25, 0.3) is 134 Å². The molecule has 0 unspecified atom stereocenters. The van der Waals surface area contributed by atoms with Gasteiger partial charge in [0.15, 0.2) is 34.9 Å². The average Bonchev–Trinajstić information content (AvgIpc) is 4.02. The Morgan fingerprint density at radius 1 is 0.319 bits per heavy atom. The Hall–Kier alpha value is -9.92. The van der Waals surface area contributed by atoms with Crippen LogP contribution >= 0.6 is 0 Å². The summed E-state index contributed by atoms with van der Waals surface area (Å²) in [5.74, 6) is 1.71. The fraction of sp³-hybridized carbons (Fsp3) is 0. The summed E-state index contributed by atoms with van der Waals surface area (Å²) >= 11 is 0. The van der Waals surface area contributed by atoms with E-state index < -0.39 is 0 Å². The van der Waals surface area contributed by atoms with Crippen molar-refractivity contribution >= 4 is 54.4 Å². The number of aromatic nitrogens is 8. The van der Waals surface area contributed by atoms with Crippen molar-refractivity contribution in [1.82, 2.24) is 39.0 Å². The number of hydrogen-bond donors (Lipinski definition) is 0. The zero-order chi connectivity index (χ0) is 50.1. The molecule has 0 saturated heterocycles. The van der Waals surface area contributed by atoms with Crippen molar-refractivity contribution < 1.29 is 4.11 Å². The molecule has 72 heavy (non-hydrogen) atoms. The zero-order valence-corrected chi connectivity index (χ0v) is 38.4. The van der Waals surface area contributed by atoms with E-state index in [1.54, 1.807) is 0 Å². The van der Waals surface area contributed by atoms with Gasteiger partial charge in [0, 0.05) is 60.6 Å². The maximum atomic E-state index is 10.7. The van der Waals surface area contributed by atoms with E-state index in [1.165, 1.54) is 0 Å². The molecule has 10 aromatic carbocycles. The van der Waals surface area contributed by atoms with Gasteiger partial charge in [0.05, 0.1) is 31.9 Å². The van der Waals surface area contributed by atoms with Gasteiger partial charge in [0.2, 0.25) is 0 Å². The smallest absolute Gasteiger partial charge is 0.166 e. The van der Waals surface area contributed by atoms with Crippen molar-refractivity contribution in [2.45, 2.75) is 0 Å². The van der Waals surface area contributed by atoms with E-state index in [9.17, 15) is 4.11 Å². The number of fused-ring (bicyclic) bond motifs is 8. The Labute approximate surface area is 418 Å². The van der Waals surface area contributed by atoms with E-state index in [4.69, 9.17) is 29.9 Å². The minimum Gasteiger partial charge on any atom is -0.309 e. The molecule has 0 aliphatic rings. The van der Waals surface area contributed by atoms with Gasteiger partial charge < -0.3 is 9.13 Å². The van der Waals surface area contributed by atoms with E-state index in [1.807, 2.05) is 140 Å². The summed E-state index contributed by atoms with van der Waals surface area (Å²) in [5, 5.41) is 6.10. The summed E-state index contributed by atoms with van der Waals surface area (Å²) in [6.07, 6.45) is 0. The lowest BCUT2D eigenvalue weighted by atomic mass is 10.0. The number of hydrogen-bond acceptors (Lipinski definition) is 6. The third kappa shape index (κ3) is 6.92. The number of nitrogens with zero attached hydrogens (tertiary/aromatic N) is 8. The summed E-state index contributed by atoms with van der Waals surface area (Å²) < 4.78 is 35.8. The highest BCUT2D eigenvalue weighted by Crippen LogP contribution is 2.44. The van der Waals surface area contributed by atoms with Crippen molar-refractivity contribution in [2.24, 2.45) is 0 Å². The van der Waals surface area contributed by atoms with Gasteiger partial charge in [-0.3, -0.25) is 0 Å². The molecular formula is C64H40N8. The van der Waals surface area contributed by atoms with Crippen molar-refractivity contribution in [3.63, 3.8) is 0 Å². The molecule has 0 spiro atoms. The Bertz CT molecular complexity index is 4450. The van der Waals surface area contributed by atoms with E-state index in [2.05, 4.69) is 94.1 Å². The minimum absolute atomic E-state index is 0.0391. The van der Waals surface area contributed by atoms with Crippen molar-refractivity contribution in [3.05, 3.63) is 243 Å². The second kappa shape index (κ2) is 16.9. The molecular weight excluding hydrogens is 881 g/mol. The van der Waals surface area contributed by atoms with Crippen LogP contribution in [0.2, 0.25) is 0 Å². The Kier molecular flexibility index (Phi) is 8.94. The summed E-state index contributed by atoms with van der Waals surface area (Å²) in [6, 6.07) is 73.9. The van der Waals surface area contributed by atoms with Gasteiger partial charge in [-0.2, -0.15) is 0 Å². The van der Waals surface area contributed by atoms with Gasteiger partial charge in [-0.05, 0) is 59.2 Å². The Morgan fingerprint density at radius 2 is 0.778 bits per heavy atom. The van der Waals surface area contributed by atoms with Crippen LogP contribution in [0, 0.1) is 0 Å². The molecule has 4 heterocycles. The summed E-state index contributed by atoms with van der Waals surface area (Å²) in [5.41, 5.74) is 8.01. The van der Waals surface area contributed by atoms with Gasteiger partial charge >= 0.3 is 0 Å². The van der Waals surface area contributed by atoms with E-state index in [-0.39, 0.29) is 46.6 Å². The summed E-state index contributed by atoms with van der Waals surface area (Å²) in [6.45, 7) is 0. The lowest BCUT2D eigenvalue weighted by Crippen LogP contribution is -2.05. The van der Waals surface area contributed by atoms with Crippen molar-refractivity contribution in [3.8, 4) is 79.7 Å². The molecule has 0 aliphatic heterocycles. The third-order valence-electron chi connectivity index (χ3n) is 13.3. The molecule has 336 valence electrons. The molecule has 0 radical (unpaired) electrons. The van der Waals surface area contributed by atoms with Crippen LogP contribution in [0.15, 0.2) is 243 Å². The van der Waals surface area contributed by atoms with Crippen LogP contribution in [0.3, 0.4) is 0 Å². The second-order valence-corrected chi connectivity index (χ2v) is 17.6. The fourth-order valence-corrected chi connectivity index (χ4v) is 10.0. The number of benzene rings is 10. The van der Waals surface area contributed by atoms with Crippen LogP contribution in [0.5, 0.6) is 0 Å². The highest BCUT2D eigenvalue weighted by molar-refractivity contribution is 6.26. The lowest BCUT2D eigenvalue weighted by Gasteiger charge is -2.17. The standard InChI is InChI=1S/C64H40N8/c1-5-20-42(21-6-1)59-65-60(43-22-7-2-8-23-43)68-63(67-59)47-34-37-55(52(40-47)64-69-61(44-24-9-3-10-25-44)66-62(70-64)45-26-11-4-12-27-45)72-53-31-17-15-29-49(53)50-36-38-56-57(58(50)72)51-30-16-18-32-54(51)71(56)48-35-33-41-19-13-14-28-46(41)39-48/h1-40H/i34D,37D,40D. The predicted molar refractivity (Wildman–Crippen MR) is 292 cm³/mol. The predicted octanol–water partition coefficient (Wildman–Crippen LogP) is 15.4. The van der Waals surface area contributed by atoms with Crippen molar-refractivity contribution in [1.29, 1.82) is 0 Å². The molecule has 8 heteroatoms. The van der Waals surface area contributed by atoms with Crippen LogP contribution in [0.1, 0.15) is 4.11 Å². The third-order valence-corrected chi connectivity index (χ3v) is 13.3. The average molecular weight is 924 g/mol. The quantitative estimate of drug-likeness (QED) is 0.151. The van der Waals surface area contributed by atoms with Gasteiger partial charge in [-0.25, -0.2) is 29.9 Å². The molecule has 0 bridgehead atoms. The molecule has 0 aliphatic carbocycles. The zero-order valence-electron chi connectivity index (χ0n) is 41.4. The van der Waals surface area contributed by atoms with E-state index in [0.29, 0.717) is 23.3 Å². The Morgan fingerprint density at radius 3 is 1.35 bits per heavy atom. The molecule has 0 atom stereocenters. The van der Waals surface area contributed by atoms with E-state index >= 15 is 0 Å². The molecule has 14 rings (SSSR count). The monoisotopic (exact) mass is 923 g/mol. The molecule has 0 N–H and O–H groups in total. The largest absolute Gasteiger partial charge is 0.309 e. The minimum atomic E-state index is -0.236. The van der Waals surface area contributed by atoms with Gasteiger partial charge in [0.1, 0.15) is 0 Å². The summed E-state index contributed by atoms with van der Waals surface area (Å²) in [7, 11) is 0. The van der Waals surface area contributed by atoms with Gasteiger partial charge in [-0.15, -0.1) is 0 Å². The Balaban J connectivity index is 1.14. The van der Waals surface area contributed by atoms with Gasteiger partial charge in [-0.1, -0.05) is 194 Å². The maximum Gasteiger partial charge on any atom is 0.166 e. The van der Waals surface area contributed by atoms with Crippen LogP contribution in [0.4, 0.5) is 0 Å². The van der Waals surface area contributed by atoms with Crippen LogP contribution in [-0.2, 0) is 0 Å². The van der Waals surface area contributed by atoms with E-state index in [0.717, 1.165) is 82.3 Å². The first-order chi connectivity index (χ1) is 37.0. The molecule has 14 aromatic rings. The first-order valence-corrected chi connectivity index (χ1v) is 23.8. The molecule has 4 aromatic heterocycles. The number of para-hydroxylation sites is 2. The first-order valence-electron chi connectivity index (χ1n) is 25.3. The lowest BCUT2D eigenvalue weighted by molar-refractivity contribution is 1.06. The topological polar surface area (TPSA) is 87.2 Å². The first kappa shape index (κ1) is 38.0. The molecule has 0 fully saturated rings. The molecule has 0 saturated carbocycles. The highest BCUT2D eigenvalue weighted by atomic mass is 15.1. The second-order valence-electron chi connectivity index (χ2n) is 17.6. The molecule has 0 amide bonds. The maximum absolute atomic E-state index is 10.7. The number of rotatable bonds is 8. The molecule has 8 nitrogen and oxygen atoms in total. The highest BCUT2D eigenvalue weighted by Gasteiger charge is 2.25. The van der Waals surface area contributed by atoms with Crippen molar-refractivity contribution in [2.75, 3.05) is 0 Å².